The molecule has 1 aromatic heterocycles. The second-order valence-corrected chi connectivity index (χ2v) is 5.00. The first kappa shape index (κ1) is 13.3. The van der Waals surface area contributed by atoms with Crippen molar-refractivity contribution in [3.8, 4) is 11.3 Å². The molecule has 0 aliphatic rings. The summed E-state index contributed by atoms with van der Waals surface area (Å²) in [5.41, 5.74) is 4.98. The van der Waals surface area contributed by atoms with Crippen LogP contribution in [0.4, 0.5) is 0 Å². The molecule has 0 radical (unpaired) electrons. The van der Waals surface area contributed by atoms with Crippen molar-refractivity contribution in [2.24, 2.45) is 0 Å². The molecule has 0 bridgehead atoms. The SMILES string of the molecule is O=Cc1cn[nH]c1-c1ccc(CCc2ccccc2)cc1. The second kappa shape index (κ2) is 6.18. The van der Waals surface area contributed by atoms with E-state index in [1.165, 1.54) is 11.1 Å². The highest BCUT2D eigenvalue weighted by atomic mass is 16.1. The van der Waals surface area contributed by atoms with Gasteiger partial charge < -0.3 is 0 Å². The van der Waals surface area contributed by atoms with E-state index in [1.807, 2.05) is 18.2 Å². The van der Waals surface area contributed by atoms with E-state index < -0.39 is 0 Å². The first-order valence-corrected chi connectivity index (χ1v) is 6.98. The number of aromatic nitrogens is 2. The summed E-state index contributed by atoms with van der Waals surface area (Å²) in [4.78, 5) is 10.9. The molecular weight excluding hydrogens is 260 g/mol. The summed E-state index contributed by atoms with van der Waals surface area (Å²) in [6, 6.07) is 18.7. The van der Waals surface area contributed by atoms with Crippen LogP contribution >= 0.6 is 0 Å². The number of aromatic amines is 1. The molecule has 2 aromatic carbocycles. The first-order chi connectivity index (χ1) is 10.4. The Kier molecular flexibility index (Phi) is 3.92. The van der Waals surface area contributed by atoms with E-state index in [2.05, 4.69) is 46.6 Å². The Labute approximate surface area is 123 Å². The van der Waals surface area contributed by atoms with Crippen molar-refractivity contribution in [1.82, 2.24) is 10.2 Å². The van der Waals surface area contributed by atoms with Crippen LogP contribution in [-0.2, 0) is 12.8 Å². The lowest BCUT2D eigenvalue weighted by Gasteiger charge is -2.04. The van der Waals surface area contributed by atoms with Gasteiger partial charge in [0.15, 0.2) is 6.29 Å². The Balaban J connectivity index is 1.71. The van der Waals surface area contributed by atoms with Crippen molar-refractivity contribution in [3.63, 3.8) is 0 Å². The van der Waals surface area contributed by atoms with E-state index in [-0.39, 0.29) is 0 Å². The van der Waals surface area contributed by atoms with Gasteiger partial charge in [-0.1, -0.05) is 54.6 Å². The first-order valence-electron chi connectivity index (χ1n) is 6.98. The fraction of sp³-hybridized carbons (Fsp3) is 0.111. The Hall–Kier alpha value is -2.68. The van der Waals surface area contributed by atoms with Crippen LogP contribution in [0.25, 0.3) is 11.3 Å². The summed E-state index contributed by atoms with van der Waals surface area (Å²) in [5, 5.41) is 6.78. The highest BCUT2D eigenvalue weighted by Crippen LogP contribution is 2.20. The Morgan fingerprint density at radius 3 is 2.24 bits per heavy atom. The molecule has 1 N–H and O–H groups in total. The van der Waals surface area contributed by atoms with Gasteiger partial charge in [0.1, 0.15) is 0 Å². The maximum atomic E-state index is 10.9. The van der Waals surface area contributed by atoms with Crippen molar-refractivity contribution in [2.45, 2.75) is 12.8 Å². The lowest BCUT2D eigenvalue weighted by Crippen LogP contribution is -1.91. The van der Waals surface area contributed by atoms with Crippen molar-refractivity contribution in [2.75, 3.05) is 0 Å². The van der Waals surface area contributed by atoms with E-state index >= 15 is 0 Å². The largest absolute Gasteiger partial charge is 0.298 e. The predicted octanol–water partition coefficient (Wildman–Crippen LogP) is 3.67. The van der Waals surface area contributed by atoms with Gasteiger partial charge in [0, 0.05) is 5.56 Å². The number of hydrogen-bond acceptors (Lipinski definition) is 2. The monoisotopic (exact) mass is 276 g/mol. The molecule has 3 aromatic rings. The van der Waals surface area contributed by atoms with Gasteiger partial charge in [-0.05, 0) is 24.0 Å². The van der Waals surface area contributed by atoms with Crippen LogP contribution in [0.3, 0.4) is 0 Å². The molecule has 0 amide bonds. The summed E-state index contributed by atoms with van der Waals surface area (Å²) in [6.07, 6.45) is 4.41. The molecule has 0 saturated carbocycles. The number of nitrogens with one attached hydrogen (secondary N) is 1. The van der Waals surface area contributed by atoms with E-state index in [9.17, 15) is 4.79 Å². The molecule has 0 aliphatic carbocycles. The zero-order valence-electron chi connectivity index (χ0n) is 11.6. The third-order valence-electron chi connectivity index (χ3n) is 3.58. The van der Waals surface area contributed by atoms with Crippen LogP contribution in [0.15, 0.2) is 60.8 Å². The Bertz CT molecular complexity index is 714. The average Bonchev–Trinajstić information content (AvgIpc) is 3.03. The summed E-state index contributed by atoms with van der Waals surface area (Å²) < 4.78 is 0. The van der Waals surface area contributed by atoms with Gasteiger partial charge in [-0.15, -0.1) is 0 Å². The summed E-state index contributed by atoms with van der Waals surface area (Å²) in [5.74, 6) is 0. The molecule has 0 fully saturated rings. The zero-order chi connectivity index (χ0) is 14.5. The third kappa shape index (κ3) is 3.08. The van der Waals surface area contributed by atoms with E-state index in [0.717, 1.165) is 30.4 Å². The Morgan fingerprint density at radius 1 is 0.905 bits per heavy atom. The molecule has 0 aliphatic heterocycles. The van der Waals surface area contributed by atoms with Gasteiger partial charge in [-0.2, -0.15) is 5.10 Å². The van der Waals surface area contributed by atoms with Crippen molar-refractivity contribution < 1.29 is 4.79 Å². The van der Waals surface area contributed by atoms with E-state index in [0.29, 0.717) is 5.56 Å². The fourth-order valence-electron chi connectivity index (χ4n) is 2.39. The standard InChI is InChI=1S/C18H16N2O/c21-13-17-12-19-20-18(17)16-10-8-15(9-11-16)7-6-14-4-2-1-3-5-14/h1-5,8-13H,6-7H2,(H,19,20). The number of carbonyl (C=O) groups excluding carboxylic acids is 1. The number of nitrogens with zero attached hydrogens (tertiary/aromatic N) is 1. The smallest absolute Gasteiger partial charge is 0.153 e. The molecule has 3 nitrogen and oxygen atoms in total. The molecular formula is C18H16N2O. The normalized spacial score (nSPS) is 10.5. The minimum atomic E-state index is 0.590. The van der Waals surface area contributed by atoms with Gasteiger partial charge in [0.05, 0.1) is 17.5 Å². The van der Waals surface area contributed by atoms with Gasteiger partial charge in [0.25, 0.3) is 0 Å². The molecule has 104 valence electrons. The lowest BCUT2D eigenvalue weighted by molar-refractivity contribution is 0.112. The molecule has 0 atom stereocenters. The van der Waals surface area contributed by atoms with Crippen molar-refractivity contribution >= 4 is 6.29 Å². The van der Waals surface area contributed by atoms with E-state index in [1.54, 1.807) is 6.20 Å². The average molecular weight is 276 g/mol. The third-order valence-corrected chi connectivity index (χ3v) is 3.58. The lowest BCUT2D eigenvalue weighted by atomic mass is 10.0. The van der Waals surface area contributed by atoms with Gasteiger partial charge in [0.2, 0.25) is 0 Å². The van der Waals surface area contributed by atoms with Crippen LogP contribution in [0.2, 0.25) is 0 Å². The minimum Gasteiger partial charge on any atom is -0.298 e. The summed E-state index contributed by atoms with van der Waals surface area (Å²) in [6.45, 7) is 0. The quantitative estimate of drug-likeness (QED) is 0.723. The maximum Gasteiger partial charge on any atom is 0.153 e. The second-order valence-electron chi connectivity index (χ2n) is 5.00. The molecule has 0 unspecified atom stereocenters. The van der Waals surface area contributed by atoms with Crippen LogP contribution in [0.1, 0.15) is 21.5 Å². The number of aryl methyl sites for hydroxylation is 2. The molecule has 1 heterocycles. The minimum absolute atomic E-state index is 0.590. The number of rotatable bonds is 5. The number of H-pyrrole nitrogens is 1. The summed E-state index contributed by atoms with van der Waals surface area (Å²) >= 11 is 0. The van der Waals surface area contributed by atoms with E-state index in [4.69, 9.17) is 0 Å². The number of carbonyl (C=O) groups is 1. The predicted molar refractivity (Wildman–Crippen MR) is 83.3 cm³/mol. The van der Waals surface area contributed by atoms with Crippen LogP contribution in [-0.4, -0.2) is 16.5 Å². The van der Waals surface area contributed by atoms with Crippen molar-refractivity contribution in [1.29, 1.82) is 0 Å². The number of benzene rings is 2. The molecule has 21 heavy (non-hydrogen) atoms. The van der Waals surface area contributed by atoms with Gasteiger partial charge in [-0.25, -0.2) is 0 Å². The topological polar surface area (TPSA) is 45.8 Å². The Morgan fingerprint density at radius 2 is 1.57 bits per heavy atom. The van der Waals surface area contributed by atoms with Crippen molar-refractivity contribution in [3.05, 3.63) is 77.5 Å². The summed E-state index contributed by atoms with van der Waals surface area (Å²) in [7, 11) is 0. The highest BCUT2D eigenvalue weighted by molar-refractivity contribution is 5.85. The molecule has 0 spiro atoms. The van der Waals surface area contributed by atoms with Crippen LogP contribution in [0.5, 0.6) is 0 Å². The number of aldehydes is 1. The van der Waals surface area contributed by atoms with Gasteiger partial charge in [-0.3, -0.25) is 9.89 Å². The van der Waals surface area contributed by atoms with Crippen LogP contribution in [0, 0.1) is 0 Å². The maximum absolute atomic E-state index is 10.9. The van der Waals surface area contributed by atoms with Gasteiger partial charge >= 0.3 is 0 Å². The molecule has 3 rings (SSSR count). The highest BCUT2D eigenvalue weighted by Gasteiger charge is 2.06. The number of hydrogen-bond donors (Lipinski definition) is 1. The van der Waals surface area contributed by atoms with Crippen LogP contribution < -0.4 is 0 Å². The zero-order valence-corrected chi connectivity index (χ0v) is 11.6. The molecule has 0 saturated heterocycles. The molecule has 3 heteroatoms. The fourth-order valence-corrected chi connectivity index (χ4v) is 2.39.